The number of aromatic nitrogens is 1. The normalized spacial score (nSPS) is 17.6. The molecule has 0 saturated carbocycles. The summed E-state index contributed by atoms with van der Waals surface area (Å²) in [6, 6.07) is 5.21. The lowest BCUT2D eigenvalue weighted by Crippen LogP contribution is -2.58. The van der Waals surface area contributed by atoms with Crippen molar-refractivity contribution in [2.75, 3.05) is 32.9 Å². The third-order valence-corrected chi connectivity index (χ3v) is 11.8. The molecule has 56 heavy (non-hydrogen) atoms. The number of amides is 4. The molecule has 1 aliphatic heterocycles. The molecular formula is C41H65N7O7S. The van der Waals surface area contributed by atoms with Crippen molar-refractivity contribution < 1.29 is 33.8 Å². The molecule has 1 fully saturated rings. The van der Waals surface area contributed by atoms with E-state index < -0.39 is 47.6 Å². The molecule has 1 saturated heterocycles. The van der Waals surface area contributed by atoms with Gasteiger partial charge < -0.3 is 36.4 Å². The maximum atomic E-state index is 14.6. The molecule has 0 spiro atoms. The fraction of sp³-hybridized carbons (Fsp3) is 0.659. The number of likely N-dealkylation sites (tertiary alicyclic amines) is 1. The van der Waals surface area contributed by atoms with Crippen LogP contribution in [-0.2, 0) is 25.5 Å². The van der Waals surface area contributed by atoms with Gasteiger partial charge in [0, 0.05) is 43.2 Å². The van der Waals surface area contributed by atoms with Crippen LogP contribution in [0.2, 0.25) is 0 Å². The minimum Gasteiger partial charge on any atom is -0.481 e. The van der Waals surface area contributed by atoms with Crippen LogP contribution in [0.1, 0.15) is 121 Å². The monoisotopic (exact) mass is 799 g/mol. The summed E-state index contributed by atoms with van der Waals surface area (Å²) in [5.41, 5.74) is 6.31. The van der Waals surface area contributed by atoms with Crippen molar-refractivity contribution in [3.8, 4) is 0 Å². The SMILES string of the molecule is CCCN(C(=O)[C@@H](NC(=O)[C@H]1CCCCN1C)[C@@H](C)CC)[C@H](C[C@@H](OC(=O)NC)c1nc(C(=O)N[C@@H](Cc2ccc(N)cc2)CC(C)(C)C(=O)O)cs1)C(C)C. The molecule has 0 aliphatic carbocycles. The van der Waals surface area contributed by atoms with Crippen LogP contribution in [-0.4, -0.2) is 101 Å². The fourth-order valence-corrected chi connectivity index (χ4v) is 8.02. The van der Waals surface area contributed by atoms with Crippen LogP contribution in [0.15, 0.2) is 29.6 Å². The van der Waals surface area contributed by atoms with E-state index in [-0.39, 0.29) is 48.2 Å². The number of benzene rings is 1. The summed E-state index contributed by atoms with van der Waals surface area (Å²) in [4.78, 5) is 75.3. The Hall–Kier alpha value is -4.24. The Balaban J connectivity index is 1.92. The number of hydrogen-bond acceptors (Lipinski definition) is 10. The number of likely N-dealkylation sites (N-methyl/N-ethyl adjacent to an activating group) is 1. The summed E-state index contributed by atoms with van der Waals surface area (Å²) < 4.78 is 5.89. The van der Waals surface area contributed by atoms with Gasteiger partial charge in [-0.3, -0.25) is 24.1 Å². The van der Waals surface area contributed by atoms with E-state index in [1.165, 1.54) is 18.4 Å². The number of nitrogen functional groups attached to an aromatic ring is 1. The predicted octanol–water partition coefficient (Wildman–Crippen LogP) is 5.63. The van der Waals surface area contributed by atoms with E-state index >= 15 is 0 Å². The van der Waals surface area contributed by atoms with Gasteiger partial charge in [0.25, 0.3) is 5.91 Å². The highest BCUT2D eigenvalue weighted by Crippen LogP contribution is 2.32. The second-order valence-electron chi connectivity index (χ2n) is 16.2. The fourth-order valence-electron chi connectivity index (χ4n) is 7.18. The van der Waals surface area contributed by atoms with Crippen LogP contribution in [0.25, 0.3) is 0 Å². The van der Waals surface area contributed by atoms with Gasteiger partial charge in [-0.2, -0.15) is 0 Å². The highest BCUT2D eigenvalue weighted by molar-refractivity contribution is 7.09. The third kappa shape index (κ3) is 12.9. The van der Waals surface area contributed by atoms with Crippen LogP contribution in [0.3, 0.4) is 0 Å². The van der Waals surface area contributed by atoms with Crippen molar-refractivity contribution in [1.82, 2.24) is 30.7 Å². The van der Waals surface area contributed by atoms with Gasteiger partial charge in [0.05, 0.1) is 11.5 Å². The number of piperidine rings is 1. The van der Waals surface area contributed by atoms with Crippen molar-refractivity contribution in [1.29, 1.82) is 0 Å². The molecule has 1 aliphatic rings. The highest BCUT2D eigenvalue weighted by atomic mass is 32.1. The number of anilines is 1. The van der Waals surface area contributed by atoms with Gasteiger partial charge >= 0.3 is 12.1 Å². The smallest absolute Gasteiger partial charge is 0.407 e. The third-order valence-electron chi connectivity index (χ3n) is 10.8. The molecule has 6 N–H and O–H groups in total. The highest BCUT2D eigenvalue weighted by Gasteiger charge is 2.39. The Morgan fingerprint density at radius 2 is 1.77 bits per heavy atom. The lowest BCUT2D eigenvalue weighted by molar-refractivity contribution is -0.147. The molecule has 6 atom stereocenters. The second-order valence-corrected chi connectivity index (χ2v) is 17.1. The summed E-state index contributed by atoms with van der Waals surface area (Å²) in [5, 5.41) is 20.5. The molecule has 312 valence electrons. The first-order valence-electron chi connectivity index (χ1n) is 20.0. The number of hydrogen-bond donors (Lipinski definition) is 5. The van der Waals surface area contributed by atoms with E-state index in [9.17, 15) is 29.1 Å². The summed E-state index contributed by atoms with van der Waals surface area (Å²) in [6.07, 6.45) is 3.22. The van der Waals surface area contributed by atoms with Crippen LogP contribution < -0.4 is 21.7 Å². The molecule has 4 amide bonds. The van der Waals surface area contributed by atoms with Gasteiger partial charge in [0.1, 0.15) is 16.7 Å². The number of carboxylic acids is 1. The van der Waals surface area contributed by atoms with Gasteiger partial charge in [-0.05, 0) is 89.1 Å². The Kier molecular flexibility index (Phi) is 17.6. The zero-order valence-electron chi connectivity index (χ0n) is 34.7. The Morgan fingerprint density at radius 3 is 2.34 bits per heavy atom. The first-order valence-corrected chi connectivity index (χ1v) is 20.8. The first-order chi connectivity index (χ1) is 26.4. The Bertz CT molecular complexity index is 1620. The van der Waals surface area contributed by atoms with Crippen LogP contribution >= 0.6 is 11.3 Å². The number of nitrogens with one attached hydrogen (secondary N) is 3. The molecule has 2 heterocycles. The number of nitrogens with two attached hydrogens (primary N) is 1. The standard InChI is InChI=1S/C41H65N7O7S/c1-10-19-48(38(51)34(26(5)11-2)46-36(50)31-14-12-13-20-47(31)9)32(25(3)4)22-33(55-40(54)43-8)37-45-30(24-56-37)35(49)44-29(23-41(6,7)39(52)53)21-27-15-17-28(42)18-16-27/h15-18,24-26,29,31-34H,10-14,19-23,42H2,1-9H3,(H,43,54)(H,44,49)(H,46,50)(H,52,53)/t26-,29-,31+,32+,33+,34-/m0/s1. The molecule has 15 heteroatoms. The van der Waals surface area contributed by atoms with Crippen LogP contribution in [0.5, 0.6) is 0 Å². The number of ether oxygens (including phenoxy) is 1. The molecule has 0 radical (unpaired) electrons. The van der Waals surface area contributed by atoms with E-state index in [0.717, 1.165) is 31.4 Å². The number of carboxylic acid groups (broad SMARTS) is 1. The van der Waals surface area contributed by atoms with E-state index in [0.29, 0.717) is 36.5 Å². The summed E-state index contributed by atoms with van der Waals surface area (Å²) in [6.45, 7) is 14.5. The van der Waals surface area contributed by atoms with Crippen LogP contribution in [0, 0.1) is 17.3 Å². The lowest BCUT2D eigenvalue weighted by atomic mass is 9.84. The van der Waals surface area contributed by atoms with Crippen molar-refractivity contribution >= 4 is 46.8 Å². The maximum absolute atomic E-state index is 14.6. The first kappa shape index (κ1) is 46.1. The predicted molar refractivity (Wildman–Crippen MR) is 219 cm³/mol. The average Bonchev–Trinajstić information content (AvgIpc) is 3.65. The van der Waals surface area contributed by atoms with Gasteiger partial charge in [0.15, 0.2) is 6.10 Å². The molecule has 0 unspecified atom stereocenters. The number of carbonyl (C=O) groups is 5. The van der Waals surface area contributed by atoms with E-state index in [4.69, 9.17) is 10.5 Å². The quantitative estimate of drug-likeness (QED) is 0.105. The maximum Gasteiger partial charge on any atom is 0.407 e. The largest absolute Gasteiger partial charge is 0.481 e. The van der Waals surface area contributed by atoms with E-state index in [1.54, 1.807) is 31.4 Å². The van der Waals surface area contributed by atoms with Gasteiger partial charge in [-0.15, -0.1) is 11.3 Å². The number of nitrogens with zero attached hydrogens (tertiary/aromatic N) is 3. The molecule has 0 bridgehead atoms. The van der Waals surface area contributed by atoms with Gasteiger partial charge in [0.2, 0.25) is 11.8 Å². The van der Waals surface area contributed by atoms with Crippen molar-refractivity contribution in [3.63, 3.8) is 0 Å². The molecule has 2 aromatic rings. The summed E-state index contributed by atoms with van der Waals surface area (Å²) >= 11 is 1.17. The molecule has 14 nitrogen and oxygen atoms in total. The van der Waals surface area contributed by atoms with Crippen molar-refractivity contribution in [3.05, 3.63) is 45.9 Å². The zero-order valence-corrected chi connectivity index (χ0v) is 35.5. The minimum atomic E-state index is -1.12. The van der Waals surface area contributed by atoms with Crippen molar-refractivity contribution in [2.24, 2.45) is 17.3 Å². The second kappa shape index (κ2) is 21.3. The van der Waals surface area contributed by atoms with Gasteiger partial charge in [-0.25, -0.2) is 9.78 Å². The summed E-state index contributed by atoms with van der Waals surface area (Å²) in [7, 11) is 3.40. The van der Waals surface area contributed by atoms with Crippen LogP contribution in [0.4, 0.5) is 10.5 Å². The number of alkyl carbamates (subject to hydrolysis) is 1. The minimum absolute atomic E-state index is 0.0755. The average molecular weight is 800 g/mol. The Labute approximate surface area is 336 Å². The number of carbonyl (C=O) groups excluding carboxylic acids is 4. The molecule has 1 aromatic carbocycles. The zero-order chi connectivity index (χ0) is 41.7. The van der Waals surface area contributed by atoms with Crippen molar-refractivity contribution in [2.45, 2.75) is 130 Å². The number of rotatable bonds is 20. The van der Waals surface area contributed by atoms with E-state index in [1.807, 2.05) is 58.7 Å². The lowest BCUT2D eigenvalue weighted by Gasteiger charge is -2.40. The number of thiazole rings is 1. The Morgan fingerprint density at radius 1 is 1.09 bits per heavy atom. The van der Waals surface area contributed by atoms with E-state index in [2.05, 4.69) is 25.8 Å². The molecule has 1 aromatic heterocycles. The number of aliphatic carboxylic acids is 1. The molecular weight excluding hydrogens is 735 g/mol. The van der Waals surface area contributed by atoms with Gasteiger partial charge in [-0.1, -0.05) is 59.6 Å². The topological polar surface area (TPSA) is 196 Å². The summed E-state index contributed by atoms with van der Waals surface area (Å²) in [5.74, 6) is -2.00. The molecule has 3 rings (SSSR count).